The maximum Gasteiger partial charge on any atom is 0.218 e. The molecule has 0 bridgehead atoms. The Morgan fingerprint density at radius 3 is 2.44 bits per heavy atom. The summed E-state index contributed by atoms with van der Waals surface area (Å²) in [7, 11) is 0. The highest BCUT2D eigenvalue weighted by molar-refractivity contribution is 5.17. The number of aromatic nitrogens is 1. The zero-order valence-electron chi connectivity index (χ0n) is 9.55. The van der Waals surface area contributed by atoms with E-state index in [1.165, 1.54) is 12.5 Å². The molecule has 0 N–H and O–H groups in total. The van der Waals surface area contributed by atoms with Crippen LogP contribution in [0.2, 0.25) is 0 Å². The molecule has 1 aromatic heterocycles. The molecule has 0 amide bonds. The van der Waals surface area contributed by atoms with Gasteiger partial charge in [-0.05, 0) is 49.7 Å². The number of hydrogen-bond donors (Lipinski definition) is 0. The second-order valence-corrected chi connectivity index (χ2v) is 4.64. The molecule has 16 heavy (non-hydrogen) atoms. The Labute approximate surface area is 94.9 Å². The van der Waals surface area contributed by atoms with E-state index in [9.17, 15) is 8.78 Å². The first-order valence-electron chi connectivity index (χ1n) is 6.02. The number of pyridine rings is 1. The minimum Gasteiger partial charge on any atom is -0.190 e. The lowest BCUT2D eigenvalue weighted by atomic mass is 9.78. The molecule has 88 valence electrons. The molecule has 0 aliphatic heterocycles. The summed E-state index contributed by atoms with van der Waals surface area (Å²) in [5, 5.41) is 0. The number of rotatable bonds is 2. The summed E-state index contributed by atoms with van der Waals surface area (Å²) >= 11 is 0. The third-order valence-electron chi connectivity index (χ3n) is 3.71. The molecule has 1 heterocycles. The Bertz CT molecular complexity index is 357. The Morgan fingerprint density at radius 2 is 1.88 bits per heavy atom. The van der Waals surface area contributed by atoms with Gasteiger partial charge in [-0.15, -0.1) is 0 Å². The quantitative estimate of drug-likeness (QED) is 0.692. The van der Waals surface area contributed by atoms with Gasteiger partial charge in [0.2, 0.25) is 11.9 Å². The summed E-state index contributed by atoms with van der Waals surface area (Å²) < 4.78 is 26.1. The van der Waals surface area contributed by atoms with E-state index in [1.807, 2.05) is 0 Å². The molecule has 0 unspecified atom stereocenters. The van der Waals surface area contributed by atoms with Gasteiger partial charge in [-0.3, -0.25) is 0 Å². The average molecular weight is 225 g/mol. The van der Waals surface area contributed by atoms with E-state index in [2.05, 4.69) is 11.9 Å². The molecule has 0 radical (unpaired) electrons. The monoisotopic (exact) mass is 225 g/mol. The van der Waals surface area contributed by atoms with Crippen LogP contribution in [0.4, 0.5) is 8.78 Å². The smallest absolute Gasteiger partial charge is 0.190 e. The number of nitrogens with zero attached hydrogens (tertiary/aromatic N) is 1. The van der Waals surface area contributed by atoms with E-state index in [0.717, 1.165) is 31.6 Å². The topological polar surface area (TPSA) is 12.9 Å². The first-order chi connectivity index (χ1) is 7.70. The molecule has 0 saturated heterocycles. The van der Waals surface area contributed by atoms with Crippen LogP contribution in [0.1, 0.15) is 50.5 Å². The van der Waals surface area contributed by atoms with E-state index in [0.29, 0.717) is 5.56 Å². The highest BCUT2D eigenvalue weighted by atomic mass is 19.1. The second kappa shape index (κ2) is 4.89. The van der Waals surface area contributed by atoms with Crippen molar-refractivity contribution in [3.63, 3.8) is 0 Å². The van der Waals surface area contributed by atoms with Crippen molar-refractivity contribution in [2.24, 2.45) is 5.92 Å². The highest BCUT2D eigenvalue weighted by Crippen LogP contribution is 2.37. The van der Waals surface area contributed by atoms with Crippen molar-refractivity contribution < 1.29 is 8.78 Å². The third-order valence-corrected chi connectivity index (χ3v) is 3.71. The van der Waals surface area contributed by atoms with Gasteiger partial charge >= 0.3 is 0 Å². The summed E-state index contributed by atoms with van der Waals surface area (Å²) in [4.78, 5) is 3.25. The van der Waals surface area contributed by atoms with Gasteiger partial charge in [0.25, 0.3) is 0 Å². The average Bonchev–Trinajstić information content (AvgIpc) is 2.29. The molecular weight excluding hydrogens is 208 g/mol. The summed E-state index contributed by atoms with van der Waals surface area (Å²) in [5.41, 5.74) is 0.593. The Hall–Kier alpha value is -0.990. The van der Waals surface area contributed by atoms with E-state index in [-0.39, 0.29) is 5.92 Å². The lowest BCUT2D eigenvalue weighted by molar-refractivity contribution is 0.312. The summed E-state index contributed by atoms with van der Waals surface area (Å²) in [6.45, 7) is 2.20. The fourth-order valence-electron chi connectivity index (χ4n) is 2.61. The molecular formula is C13H17F2N. The van der Waals surface area contributed by atoms with Crippen LogP contribution < -0.4 is 0 Å². The van der Waals surface area contributed by atoms with Gasteiger partial charge in [-0.25, -0.2) is 0 Å². The second-order valence-electron chi connectivity index (χ2n) is 4.64. The molecule has 1 fully saturated rings. The molecule has 1 saturated carbocycles. The fourth-order valence-corrected chi connectivity index (χ4v) is 2.61. The predicted octanol–water partition coefficient (Wildman–Crippen LogP) is 4.04. The zero-order chi connectivity index (χ0) is 11.5. The molecule has 0 spiro atoms. The summed E-state index contributed by atoms with van der Waals surface area (Å²) in [6.07, 6.45) is 5.51. The van der Waals surface area contributed by atoms with Gasteiger partial charge in [0, 0.05) is 5.56 Å². The van der Waals surface area contributed by atoms with Gasteiger partial charge in [-0.1, -0.05) is 13.3 Å². The zero-order valence-corrected chi connectivity index (χ0v) is 9.55. The van der Waals surface area contributed by atoms with Gasteiger partial charge < -0.3 is 0 Å². The van der Waals surface area contributed by atoms with Gasteiger partial charge in [0.05, 0.1) is 0 Å². The van der Waals surface area contributed by atoms with Crippen molar-refractivity contribution in [1.82, 2.24) is 4.98 Å². The molecule has 1 aliphatic carbocycles. The van der Waals surface area contributed by atoms with Crippen LogP contribution in [-0.2, 0) is 0 Å². The highest BCUT2D eigenvalue weighted by Gasteiger charge is 2.23. The first-order valence-corrected chi connectivity index (χ1v) is 6.02. The van der Waals surface area contributed by atoms with Gasteiger partial charge in [0.15, 0.2) is 0 Å². The molecule has 1 nitrogen and oxygen atoms in total. The third kappa shape index (κ3) is 2.39. The van der Waals surface area contributed by atoms with Crippen LogP contribution in [0, 0.1) is 17.8 Å². The van der Waals surface area contributed by atoms with Crippen LogP contribution >= 0.6 is 0 Å². The van der Waals surface area contributed by atoms with E-state index in [4.69, 9.17) is 0 Å². The van der Waals surface area contributed by atoms with Crippen molar-refractivity contribution in [2.45, 2.75) is 44.9 Å². The molecule has 3 heteroatoms. The standard InChI is InChI=1S/C13H17F2N/c1-2-9-3-5-10(6-4-9)11-7-8-12(14)16-13(11)15/h7-10H,2-6H2,1H3/t9-,10-. The van der Waals surface area contributed by atoms with Crippen LogP contribution in [0.5, 0.6) is 0 Å². The molecule has 1 aromatic rings. The van der Waals surface area contributed by atoms with Crippen molar-refractivity contribution in [3.8, 4) is 0 Å². The molecule has 0 aromatic carbocycles. The lowest BCUT2D eigenvalue weighted by Gasteiger charge is -2.27. The molecule has 2 rings (SSSR count). The Kier molecular flexibility index (Phi) is 3.52. The summed E-state index contributed by atoms with van der Waals surface area (Å²) in [6, 6.07) is 2.80. The first kappa shape index (κ1) is 11.5. The van der Waals surface area contributed by atoms with Crippen molar-refractivity contribution in [2.75, 3.05) is 0 Å². The predicted molar refractivity (Wildman–Crippen MR) is 59.1 cm³/mol. The van der Waals surface area contributed by atoms with Crippen molar-refractivity contribution in [1.29, 1.82) is 0 Å². The van der Waals surface area contributed by atoms with Crippen LogP contribution in [0.15, 0.2) is 12.1 Å². The van der Waals surface area contributed by atoms with Crippen molar-refractivity contribution in [3.05, 3.63) is 29.6 Å². The maximum absolute atomic E-state index is 13.5. The minimum atomic E-state index is -0.733. The fraction of sp³-hybridized carbons (Fsp3) is 0.615. The van der Waals surface area contributed by atoms with Crippen LogP contribution in [0.3, 0.4) is 0 Å². The Morgan fingerprint density at radius 1 is 1.19 bits per heavy atom. The minimum absolute atomic E-state index is 0.232. The van der Waals surface area contributed by atoms with Crippen molar-refractivity contribution >= 4 is 0 Å². The van der Waals surface area contributed by atoms with Gasteiger partial charge in [0.1, 0.15) is 0 Å². The normalized spacial score (nSPS) is 25.7. The molecule has 1 aliphatic rings. The SMILES string of the molecule is CC[C@H]1CC[C@H](c2ccc(F)nc2F)CC1. The van der Waals surface area contributed by atoms with Crippen LogP contribution in [0.25, 0.3) is 0 Å². The lowest BCUT2D eigenvalue weighted by Crippen LogP contribution is -2.14. The van der Waals surface area contributed by atoms with E-state index < -0.39 is 11.9 Å². The van der Waals surface area contributed by atoms with Crippen LogP contribution in [-0.4, -0.2) is 4.98 Å². The summed E-state index contributed by atoms with van der Waals surface area (Å²) in [5.74, 6) is -0.341. The number of hydrogen-bond acceptors (Lipinski definition) is 1. The maximum atomic E-state index is 13.5. The van der Waals surface area contributed by atoms with Gasteiger partial charge in [-0.2, -0.15) is 13.8 Å². The molecule has 0 atom stereocenters. The van der Waals surface area contributed by atoms with E-state index in [1.54, 1.807) is 6.07 Å². The Balaban J connectivity index is 2.08. The van der Waals surface area contributed by atoms with E-state index >= 15 is 0 Å². The largest absolute Gasteiger partial charge is 0.218 e. The number of halogens is 2.